The minimum absolute atomic E-state index is 0.0868. The summed E-state index contributed by atoms with van der Waals surface area (Å²) in [6.07, 6.45) is 3.75. The summed E-state index contributed by atoms with van der Waals surface area (Å²) < 4.78 is 0.863. The van der Waals surface area contributed by atoms with Gasteiger partial charge in [0.2, 0.25) is 0 Å². The molecule has 1 amide bonds. The quantitative estimate of drug-likeness (QED) is 0.838. The van der Waals surface area contributed by atoms with E-state index < -0.39 is 0 Å². The van der Waals surface area contributed by atoms with Gasteiger partial charge in [0.15, 0.2) is 6.54 Å². The minimum atomic E-state index is -0.0868. The van der Waals surface area contributed by atoms with Crippen molar-refractivity contribution in [1.82, 2.24) is 5.32 Å². The number of likely N-dealkylation sites (N-methyl/N-ethyl adjacent to an activating group) is 1. The largest absolute Gasteiger partial charge is 0.340 e. The maximum atomic E-state index is 12.7. The third kappa shape index (κ3) is 4.24. The highest BCUT2D eigenvalue weighted by Crippen LogP contribution is 2.22. The first-order valence-corrected chi connectivity index (χ1v) is 8.89. The zero-order valence-electron chi connectivity index (χ0n) is 14.4. The number of benzene rings is 2. The molecule has 0 saturated carbocycles. The van der Waals surface area contributed by atoms with Crippen molar-refractivity contribution < 1.29 is 9.28 Å². The maximum Gasteiger partial charge on any atom is 0.276 e. The molecular formula is C21H27N2O+. The van der Waals surface area contributed by atoms with Gasteiger partial charge in [-0.25, -0.2) is 0 Å². The van der Waals surface area contributed by atoms with Crippen molar-refractivity contribution in [3.05, 3.63) is 71.8 Å². The fourth-order valence-corrected chi connectivity index (χ4v) is 3.64. The Morgan fingerprint density at radius 2 is 1.42 bits per heavy atom. The van der Waals surface area contributed by atoms with Gasteiger partial charge in [-0.05, 0) is 30.4 Å². The highest BCUT2D eigenvalue weighted by molar-refractivity contribution is 5.78. The molecule has 0 aromatic heterocycles. The van der Waals surface area contributed by atoms with E-state index in [1.807, 2.05) is 36.4 Å². The Hall–Kier alpha value is -2.13. The second kappa shape index (κ2) is 7.63. The molecule has 24 heavy (non-hydrogen) atoms. The third-order valence-electron chi connectivity index (χ3n) is 4.99. The predicted octanol–water partition coefficient (Wildman–Crippen LogP) is 3.52. The molecule has 0 unspecified atom stereocenters. The lowest BCUT2D eigenvalue weighted by atomic mass is 9.98. The molecule has 1 saturated heterocycles. The molecule has 126 valence electrons. The van der Waals surface area contributed by atoms with Crippen LogP contribution in [0.5, 0.6) is 0 Å². The topological polar surface area (TPSA) is 29.1 Å². The number of piperidine rings is 1. The van der Waals surface area contributed by atoms with E-state index in [9.17, 15) is 4.79 Å². The van der Waals surface area contributed by atoms with Crippen LogP contribution < -0.4 is 5.32 Å². The summed E-state index contributed by atoms with van der Waals surface area (Å²) in [5, 5.41) is 3.27. The Morgan fingerprint density at radius 1 is 0.917 bits per heavy atom. The van der Waals surface area contributed by atoms with Crippen LogP contribution in [-0.2, 0) is 4.79 Å². The zero-order chi connectivity index (χ0) is 16.8. The van der Waals surface area contributed by atoms with Gasteiger partial charge >= 0.3 is 0 Å². The Balaban J connectivity index is 1.76. The summed E-state index contributed by atoms with van der Waals surface area (Å²) in [5.41, 5.74) is 2.25. The summed E-state index contributed by atoms with van der Waals surface area (Å²) in [5.74, 6) is 0.136. The van der Waals surface area contributed by atoms with Gasteiger partial charge in [0.25, 0.3) is 5.91 Å². The Morgan fingerprint density at radius 3 is 1.92 bits per heavy atom. The van der Waals surface area contributed by atoms with Crippen molar-refractivity contribution in [1.29, 1.82) is 0 Å². The van der Waals surface area contributed by atoms with Crippen LogP contribution in [0.1, 0.15) is 36.4 Å². The highest BCUT2D eigenvalue weighted by Gasteiger charge is 2.29. The molecule has 3 heteroatoms. The molecule has 0 radical (unpaired) electrons. The lowest BCUT2D eigenvalue weighted by molar-refractivity contribution is -0.906. The van der Waals surface area contributed by atoms with E-state index in [0.717, 1.165) is 28.7 Å². The summed E-state index contributed by atoms with van der Waals surface area (Å²) in [6.45, 7) is 2.78. The summed E-state index contributed by atoms with van der Waals surface area (Å²) in [4.78, 5) is 12.7. The average molecular weight is 323 g/mol. The lowest BCUT2D eigenvalue weighted by Crippen LogP contribution is -2.53. The fourth-order valence-electron chi connectivity index (χ4n) is 3.64. The van der Waals surface area contributed by atoms with Crippen LogP contribution in [0.4, 0.5) is 0 Å². The van der Waals surface area contributed by atoms with E-state index in [0.29, 0.717) is 6.54 Å². The van der Waals surface area contributed by atoms with Gasteiger partial charge in [-0.2, -0.15) is 0 Å². The molecule has 1 heterocycles. The van der Waals surface area contributed by atoms with Gasteiger partial charge in [0.05, 0.1) is 26.2 Å². The average Bonchev–Trinajstić information content (AvgIpc) is 2.61. The van der Waals surface area contributed by atoms with Crippen molar-refractivity contribution in [2.75, 3.05) is 26.7 Å². The smallest absolute Gasteiger partial charge is 0.276 e. The molecule has 2 aromatic carbocycles. The molecule has 1 aliphatic rings. The summed E-state index contributed by atoms with van der Waals surface area (Å²) in [6, 6.07) is 20.3. The van der Waals surface area contributed by atoms with Gasteiger partial charge in [-0.3, -0.25) is 4.79 Å². The molecule has 3 rings (SSSR count). The van der Waals surface area contributed by atoms with Gasteiger partial charge in [0.1, 0.15) is 0 Å². The molecule has 0 atom stereocenters. The van der Waals surface area contributed by atoms with Crippen LogP contribution in [0.2, 0.25) is 0 Å². The number of nitrogens with zero attached hydrogens (tertiary/aromatic N) is 1. The molecule has 1 aliphatic heterocycles. The van der Waals surface area contributed by atoms with Crippen molar-refractivity contribution in [3.63, 3.8) is 0 Å². The number of rotatable bonds is 5. The molecule has 1 N–H and O–H groups in total. The van der Waals surface area contributed by atoms with Gasteiger partial charge < -0.3 is 9.80 Å². The third-order valence-corrected chi connectivity index (χ3v) is 4.99. The van der Waals surface area contributed by atoms with Crippen molar-refractivity contribution >= 4 is 5.91 Å². The number of hydrogen-bond acceptors (Lipinski definition) is 1. The lowest BCUT2D eigenvalue weighted by Gasteiger charge is -2.37. The second-order valence-corrected chi connectivity index (χ2v) is 7.11. The van der Waals surface area contributed by atoms with Crippen molar-refractivity contribution in [2.45, 2.75) is 25.3 Å². The molecule has 1 fully saturated rings. The first kappa shape index (κ1) is 16.7. The number of carbonyl (C=O) groups excluding carboxylic acids is 1. The number of quaternary nitrogens is 1. The van der Waals surface area contributed by atoms with E-state index in [4.69, 9.17) is 0 Å². The molecule has 0 aliphatic carbocycles. The number of carbonyl (C=O) groups is 1. The van der Waals surface area contributed by atoms with E-state index >= 15 is 0 Å². The van der Waals surface area contributed by atoms with E-state index in [1.54, 1.807) is 0 Å². The van der Waals surface area contributed by atoms with Crippen LogP contribution >= 0.6 is 0 Å². The van der Waals surface area contributed by atoms with Gasteiger partial charge in [0, 0.05) is 0 Å². The van der Waals surface area contributed by atoms with E-state index in [-0.39, 0.29) is 11.9 Å². The normalized spacial score (nSPS) is 16.8. The Labute approximate surface area is 144 Å². The summed E-state index contributed by atoms with van der Waals surface area (Å²) in [7, 11) is 2.21. The van der Waals surface area contributed by atoms with Crippen LogP contribution in [0, 0.1) is 0 Å². The SMILES string of the molecule is C[N+]1(CC(=O)NC(c2ccccc2)c2ccccc2)CCCCC1. The van der Waals surface area contributed by atoms with Gasteiger partial charge in [-0.1, -0.05) is 60.7 Å². The molecule has 0 bridgehead atoms. The van der Waals surface area contributed by atoms with E-state index in [1.165, 1.54) is 19.3 Å². The maximum absolute atomic E-state index is 12.7. The van der Waals surface area contributed by atoms with Crippen LogP contribution in [0.25, 0.3) is 0 Å². The number of nitrogens with one attached hydrogen (secondary N) is 1. The standard InChI is InChI=1S/C21H26N2O/c1-23(15-9-4-10-16-23)17-20(24)22-21(18-11-5-2-6-12-18)19-13-7-3-8-14-19/h2-3,5-8,11-14,21H,4,9-10,15-17H2,1H3/p+1. The number of hydrogen-bond donors (Lipinski definition) is 1. The van der Waals surface area contributed by atoms with Crippen molar-refractivity contribution in [2.24, 2.45) is 0 Å². The van der Waals surface area contributed by atoms with Gasteiger partial charge in [-0.15, -0.1) is 0 Å². The number of likely N-dealkylation sites (tertiary alicyclic amines) is 1. The Kier molecular flexibility index (Phi) is 5.31. The second-order valence-electron chi connectivity index (χ2n) is 7.11. The first-order chi connectivity index (χ1) is 11.7. The minimum Gasteiger partial charge on any atom is -0.340 e. The fraction of sp³-hybridized carbons (Fsp3) is 0.381. The molecular weight excluding hydrogens is 296 g/mol. The molecule has 0 spiro atoms. The van der Waals surface area contributed by atoms with Crippen LogP contribution in [0.15, 0.2) is 60.7 Å². The Bertz CT molecular complexity index is 609. The van der Waals surface area contributed by atoms with Crippen LogP contribution in [0.3, 0.4) is 0 Å². The molecule has 2 aromatic rings. The first-order valence-electron chi connectivity index (χ1n) is 8.89. The summed E-state index contributed by atoms with van der Waals surface area (Å²) >= 11 is 0. The monoisotopic (exact) mass is 323 g/mol. The van der Waals surface area contributed by atoms with Crippen LogP contribution in [-0.4, -0.2) is 37.1 Å². The zero-order valence-corrected chi connectivity index (χ0v) is 14.4. The molecule has 3 nitrogen and oxygen atoms in total. The number of amides is 1. The highest BCUT2D eigenvalue weighted by atomic mass is 16.2. The predicted molar refractivity (Wildman–Crippen MR) is 97.5 cm³/mol. The van der Waals surface area contributed by atoms with Crippen molar-refractivity contribution in [3.8, 4) is 0 Å². The van der Waals surface area contributed by atoms with E-state index in [2.05, 4.69) is 36.6 Å².